The van der Waals surface area contributed by atoms with Crippen molar-refractivity contribution in [3.63, 3.8) is 0 Å². The van der Waals surface area contributed by atoms with Gasteiger partial charge in [0.05, 0.1) is 10.7 Å². The number of halogens is 1. The minimum absolute atomic E-state index is 0.0825. The first-order chi connectivity index (χ1) is 15.0. The van der Waals surface area contributed by atoms with Crippen LogP contribution >= 0.6 is 22.9 Å². The number of amides is 2. The Labute approximate surface area is 190 Å². The number of benzene rings is 2. The van der Waals surface area contributed by atoms with Gasteiger partial charge in [0.15, 0.2) is 0 Å². The second-order valence-electron chi connectivity index (χ2n) is 7.78. The molecule has 31 heavy (non-hydrogen) atoms. The summed E-state index contributed by atoms with van der Waals surface area (Å²) in [5.41, 5.74) is 4.80. The molecule has 1 saturated carbocycles. The number of rotatable bonds is 5. The first kappa shape index (κ1) is 21.5. The van der Waals surface area contributed by atoms with E-state index in [1.165, 1.54) is 17.8 Å². The third-order valence-electron chi connectivity index (χ3n) is 5.59. The molecule has 2 amide bonds. The summed E-state index contributed by atoms with van der Waals surface area (Å²) in [6.07, 6.45) is 5.37. The molecule has 7 heteroatoms. The van der Waals surface area contributed by atoms with Gasteiger partial charge in [-0.15, -0.1) is 11.3 Å². The lowest BCUT2D eigenvalue weighted by molar-refractivity contribution is -0.120. The van der Waals surface area contributed by atoms with Crippen molar-refractivity contribution in [2.45, 2.75) is 39.0 Å². The smallest absolute Gasteiger partial charge is 0.283 e. The molecule has 0 aliphatic heterocycles. The third kappa shape index (κ3) is 4.97. The number of hydrazone groups is 1. The predicted molar refractivity (Wildman–Crippen MR) is 128 cm³/mol. The number of nitrogens with zero attached hydrogens (tertiary/aromatic N) is 1. The summed E-state index contributed by atoms with van der Waals surface area (Å²) in [6.45, 7) is 1.81. The van der Waals surface area contributed by atoms with Crippen LogP contribution in [0.2, 0.25) is 5.02 Å². The van der Waals surface area contributed by atoms with Gasteiger partial charge in [0.25, 0.3) is 5.91 Å². The topological polar surface area (TPSA) is 70.6 Å². The quantitative estimate of drug-likeness (QED) is 0.355. The zero-order chi connectivity index (χ0) is 21.8. The van der Waals surface area contributed by atoms with Crippen molar-refractivity contribution in [2.24, 2.45) is 11.0 Å². The zero-order valence-electron chi connectivity index (χ0n) is 17.3. The Balaban J connectivity index is 1.44. The van der Waals surface area contributed by atoms with Crippen LogP contribution in [0.5, 0.6) is 0 Å². The second-order valence-corrected chi connectivity index (χ2v) is 9.21. The third-order valence-corrected chi connectivity index (χ3v) is 7.26. The van der Waals surface area contributed by atoms with Crippen LogP contribution in [0.25, 0.3) is 10.1 Å². The summed E-state index contributed by atoms with van der Waals surface area (Å²) in [4.78, 5) is 25.6. The maximum atomic E-state index is 12.6. The molecule has 2 N–H and O–H groups in total. The van der Waals surface area contributed by atoms with Gasteiger partial charge in [-0.05, 0) is 43.5 Å². The number of nitrogens with one attached hydrogen (secondary N) is 2. The number of carbonyl (C=O) groups is 2. The molecule has 1 heterocycles. The zero-order valence-corrected chi connectivity index (χ0v) is 18.9. The van der Waals surface area contributed by atoms with Crippen LogP contribution in [0.1, 0.15) is 54.3 Å². The number of hydrogen-bond donors (Lipinski definition) is 2. The highest BCUT2D eigenvalue weighted by Gasteiger charge is 2.21. The normalized spacial score (nSPS) is 15.1. The van der Waals surface area contributed by atoms with E-state index in [4.69, 9.17) is 11.6 Å². The summed E-state index contributed by atoms with van der Waals surface area (Å²) >= 11 is 7.72. The molecule has 1 aromatic heterocycles. The fraction of sp³-hybridized carbons (Fsp3) is 0.292. The number of carbonyl (C=O) groups excluding carboxylic acids is 2. The predicted octanol–water partition coefficient (Wildman–Crippen LogP) is 6.23. The molecule has 0 bridgehead atoms. The number of thiophene rings is 1. The van der Waals surface area contributed by atoms with Gasteiger partial charge in [-0.25, -0.2) is 5.43 Å². The van der Waals surface area contributed by atoms with Crippen LogP contribution in [-0.2, 0) is 4.79 Å². The van der Waals surface area contributed by atoms with Gasteiger partial charge in [0, 0.05) is 21.7 Å². The first-order valence-corrected chi connectivity index (χ1v) is 11.7. The molecule has 0 unspecified atom stereocenters. The SMILES string of the molecule is C/C(=N\NC(=O)c1sc2ccccc2c1Cl)c1cccc(NC(=O)C2CCCCC2)c1. The average Bonchev–Trinajstić information content (AvgIpc) is 3.14. The van der Waals surface area contributed by atoms with Crippen LogP contribution in [0, 0.1) is 5.92 Å². The molecule has 0 spiro atoms. The largest absolute Gasteiger partial charge is 0.326 e. The van der Waals surface area contributed by atoms with Crippen LogP contribution < -0.4 is 10.7 Å². The first-order valence-electron chi connectivity index (χ1n) is 10.5. The van der Waals surface area contributed by atoms with E-state index in [2.05, 4.69) is 15.8 Å². The molecule has 1 aliphatic carbocycles. The molecule has 3 aromatic rings. The van der Waals surface area contributed by atoms with E-state index in [-0.39, 0.29) is 17.7 Å². The average molecular weight is 454 g/mol. The molecule has 4 rings (SSSR count). The van der Waals surface area contributed by atoms with Crippen molar-refractivity contribution in [1.82, 2.24) is 5.43 Å². The Hall–Kier alpha value is -2.70. The van der Waals surface area contributed by atoms with E-state index in [1.54, 1.807) is 0 Å². The summed E-state index contributed by atoms with van der Waals surface area (Å²) in [5.74, 6) is -0.163. The van der Waals surface area contributed by atoms with E-state index in [0.717, 1.165) is 47.0 Å². The van der Waals surface area contributed by atoms with Crippen LogP contribution in [0.15, 0.2) is 53.6 Å². The number of anilines is 1. The van der Waals surface area contributed by atoms with Crippen molar-refractivity contribution >= 4 is 56.2 Å². The van der Waals surface area contributed by atoms with Crippen LogP contribution in [-0.4, -0.2) is 17.5 Å². The Bertz CT molecular complexity index is 1150. The van der Waals surface area contributed by atoms with Crippen LogP contribution in [0.3, 0.4) is 0 Å². The lowest BCUT2D eigenvalue weighted by Crippen LogP contribution is -2.24. The minimum Gasteiger partial charge on any atom is -0.326 e. The Morgan fingerprint density at radius 1 is 1.06 bits per heavy atom. The molecule has 0 radical (unpaired) electrons. The van der Waals surface area contributed by atoms with E-state index in [9.17, 15) is 9.59 Å². The Morgan fingerprint density at radius 2 is 1.84 bits per heavy atom. The standard InChI is InChI=1S/C24H24ClN3O2S/c1-15(27-28-24(30)22-21(25)19-12-5-6-13-20(19)31-22)17-10-7-11-18(14-17)26-23(29)16-8-3-2-4-9-16/h5-7,10-14,16H,2-4,8-9H2,1H3,(H,26,29)(H,28,30)/b27-15+. The van der Waals surface area contributed by atoms with Crippen LogP contribution in [0.4, 0.5) is 5.69 Å². The molecule has 2 aromatic carbocycles. The minimum atomic E-state index is -0.340. The maximum absolute atomic E-state index is 12.6. The summed E-state index contributed by atoms with van der Waals surface area (Å²) in [5, 5.41) is 8.57. The highest BCUT2D eigenvalue weighted by molar-refractivity contribution is 7.21. The van der Waals surface area contributed by atoms with Crippen molar-refractivity contribution in [3.05, 3.63) is 64.0 Å². The highest BCUT2D eigenvalue weighted by atomic mass is 35.5. The summed E-state index contributed by atoms with van der Waals surface area (Å²) in [6, 6.07) is 15.1. The van der Waals surface area contributed by atoms with Gasteiger partial charge in [-0.1, -0.05) is 61.2 Å². The molecule has 1 fully saturated rings. The van der Waals surface area contributed by atoms with Gasteiger partial charge in [0.2, 0.25) is 5.91 Å². The fourth-order valence-electron chi connectivity index (χ4n) is 3.84. The van der Waals surface area contributed by atoms with Gasteiger partial charge in [-0.2, -0.15) is 5.10 Å². The molecule has 5 nitrogen and oxygen atoms in total. The molecule has 1 aliphatic rings. The van der Waals surface area contributed by atoms with Crippen molar-refractivity contribution in [2.75, 3.05) is 5.32 Å². The molecule has 0 atom stereocenters. The van der Waals surface area contributed by atoms with Gasteiger partial charge < -0.3 is 5.32 Å². The van der Waals surface area contributed by atoms with Gasteiger partial charge in [0.1, 0.15) is 4.88 Å². The van der Waals surface area contributed by atoms with Crippen molar-refractivity contribution in [3.8, 4) is 0 Å². The van der Waals surface area contributed by atoms with E-state index < -0.39 is 0 Å². The highest BCUT2D eigenvalue weighted by Crippen LogP contribution is 2.35. The Morgan fingerprint density at radius 3 is 2.61 bits per heavy atom. The monoisotopic (exact) mass is 453 g/mol. The van der Waals surface area contributed by atoms with Gasteiger partial charge >= 0.3 is 0 Å². The number of hydrogen-bond acceptors (Lipinski definition) is 4. The Kier molecular flexibility index (Phi) is 6.68. The van der Waals surface area contributed by atoms with E-state index in [0.29, 0.717) is 15.6 Å². The van der Waals surface area contributed by atoms with Crippen molar-refractivity contribution in [1.29, 1.82) is 0 Å². The van der Waals surface area contributed by atoms with E-state index in [1.807, 2.05) is 55.5 Å². The van der Waals surface area contributed by atoms with Gasteiger partial charge in [-0.3, -0.25) is 9.59 Å². The second kappa shape index (κ2) is 9.62. The molecule has 0 saturated heterocycles. The molecule has 160 valence electrons. The van der Waals surface area contributed by atoms with E-state index >= 15 is 0 Å². The maximum Gasteiger partial charge on any atom is 0.283 e. The summed E-state index contributed by atoms with van der Waals surface area (Å²) in [7, 11) is 0. The lowest BCUT2D eigenvalue weighted by atomic mass is 9.88. The molecular weight excluding hydrogens is 430 g/mol. The fourth-order valence-corrected chi connectivity index (χ4v) is 5.25. The number of fused-ring (bicyclic) bond motifs is 1. The van der Waals surface area contributed by atoms with Crippen molar-refractivity contribution < 1.29 is 9.59 Å². The summed E-state index contributed by atoms with van der Waals surface area (Å²) < 4.78 is 0.958. The lowest BCUT2D eigenvalue weighted by Gasteiger charge is -2.20. The molecular formula is C24H24ClN3O2S.